The standard InChI is InChI=1S/C22H21N5O/c1-26(20-11-16-7-5-6-8-17(16)12-20)15-21(28)25-22-18(13-23)14-24-27(22)19-9-3-2-4-10-19/h2-10,14,20H,11-12,15H2,1H3,(H,25,28). The van der Waals surface area contributed by atoms with Gasteiger partial charge in [0.15, 0.2) is 5.82 Å². The molecule has 2 aromatic carbocycles. The molecule has 0 atom stereocenters. The fourth-order valence-electron chi connectivity index (χ4n) is 3.69. The van der Waals surface area contributed by atoms with Gasteiger partial charge in [0.2, 0.25) is 5.91 Å². The lowest BCUT2D eigenvalue weighted by Gasteiger charge is -2.23. The Kier molecular flexibility index (Phi) is 4.92. The zero-order chi connectivity index (χ0) is 19.5. The van der Waals surface area contributed by atoms with E-state index in [0.29, 0.717) is 17.4 Å². The van der Waals surface area contributed by atoms with Crippen LogP contribution < -0.4 is 5.32 Å². The Labute approximate surface area is 164 Å². The van der Waals surface area contributed by atoms with E-state index in [2.05, 4.69) is 45.7 Å². The van der Waals surface area contributed by atoms with E-state index in [1.54, 1.807) is 4.68 Å². The van der Waals surface area contributed by atoms with Crippen molar-refractivity contribution in [2.75, 3.05) is 18.9 Å². The SMILES string of the molecule is CN(CC(=O)Nc1c(C#N)cnn1-c1ccccc1)C1Cc2ccccc2C1. The highest BCUT2D eigenvalue weighted by Gasteiger charge is 2.26. The van der Waals surface area contributed by atoms with Gasteiger partial charge in [-0.15, -0.1) is 0 Å². The molecule has 1 amide bonds. The van der Waals surface area contributed by atoms with E-state index in [9.17, 15) is 10.1 Å². The molecule has 0 unspecified atom stereocenters. The van der Waals surface area contributed by atoms with Crippen molar-refractivity contribution in [3.8, 4) is 11.8 Å². The molecule has 28 heavy (non-hydrogen) atoms. The number of nitrogens with zero attached hydrogens (tertiary/aromatic N) is 4. The van der Waals surface area contributed by atoms with Crippen LogP contribution in [0.2, 0.25) is 0 Å². The summed E-state index contributed by atoms with van der Waals surface area (Å²) in [6.45, 7) is 0.253. The minimum Gasteiger partial charge on any atom is -0.308 e. The van der Waals surface area contributed by atoms with Crippen LogP contribution in [0.1, 0.15) is 16.7 Å². The van der Waals surface area contributed by atoms with Crippen molar-refractivity contribution < 1.29 is 4.79 Å². The molecule has 0 spiro atoms. The average molecular weight is 371 g/mol. The van der Waals surface area contributed by atoms with Crippen LogP contribution in [0.4, 0.5) is 5.82 Å². The summed E-state index contributed by atoms with van der Waals surface area (Å²) in [6.07, 6.45) is 3.37. The highest BCUT2D eigenvalue weighted by Crippen LogP contribution is 2.25. The van der Waals surface area contributed by atoms with Crippen LogP contribution in [-0.4, -0.2) is 40.2 Å². The minimum absolute atomic E-state index is 0.160. The van der Waals surface area contributed by atoms with Crippen molar-refractivity contribution in [1.29, 1.82) is 5.26 Å². The fourth-order valence-corrected chi connectivity index (χ4v) is 3.69. The van der Waals surface area contributed by atoms with Gasteiger partial charge in [-0.2, -0.15) is 10.4 Å². The normalized spacial score (nSPS) is 13.3. The van der Waals surface area contributed by atoms with Gasteiger partial charge in [-0.1, -0.05) is 42.5 Å². The second-order valence-corrected chi connectivity index (χ2v) is 7.06. The minimum atomic E-state index is -0.160. The highest BCUT2D eigenvalue weighted by molar-refractivity contribution is 5.93. The molecule has 0 saturated heterocycles. The van der Waals surface area contributed by atoms with Gasteiger partial charge < -0.3 is 5.32 Å². The maximum atomic E-state index is 12.7. The molecule has 6 nitrogen and oxygen atoms in total. The van der Waals surface area contributed by atoms with Crippen molar-refractivity contribution in [1.82, 2.24) is 14.7 Å². The summed E-state index contributed by atoms with van der Waals surface area (Å²) in [4.78, 5) is 14.8. The molecule has 0 aliphatic heterocycles. The first-order valence-electron chi connectivity index (χ1n) is 9.26. The van der Waals surface area contributed by atoms with Crippen molar-refractivity contribution in [2.24, 2.45) is 0 Å². The Morgan fingerprint density at radius 1 is 1.18 bits per heavy atom. The zero-order valence-electron chi connectivity index (χ0n) is 15.7. The van der Waals surface area contributed by atoms with Crippen LogP contribution in [0, 0.1) is 11.3 Å². The molecule has 6 heteroatoms. The number of hydrogen-bond acceptors (Lipinski definition) is 4. The van der Waals surface area contributed by atoms with E-state index < -0.39 is 0 Å². The number of benzene rings is 2. The van der Waals surface area contributed by atoms with Crippen LogP contribution in [0.5, 0.6) is 0 Å². The summed E-state index contributed by atoms with van der Waals surface area (Å²) in [7, 11) is 1.97. The molecule has 4 rings (SSSR count). The Bertz CT molecular complexity index is 1010. The number of nitriles is 1. The quantitative estimate of drug-likeness (QED) is 0.748. The van der Waals surface area contributed by atoms with Gasteiger partial charge >= 0.3 is 0 Å². The molecule has 140 valence electrons. The van der Waals surface area contributed by atoms with E-state index in [0.717, 1.165) is 18.5 Å². The van der Waals surface area contributed by atoms with Gasteiger partial charge in [0.25, 0.3) is 0 Å². The lowest BCUT2D eigenvalue weighted by Crippen LogP contribution is -2.38. The maximum Gasteiger partial charge on any atom is 0.239 e. The Morgan fingerprint density at radius 3 is 2.46 bits per heavy atom. The molecule has 1 aromatic heterocycles. The molecule has 0 radical (unpaired) electrons. The highest BCUT2D eigenvalue weighted by atomic mass is 16.2. The third-order valence-corrected chi connectivity index (χ3v) is 5.19. The Hall–Kier alpha value is -3.43. The summed E-state index contributed by atoms with van der Waals surface area (Å²) < 4.78 is 1.59. The summed E-state index contributed by atoms with van der Waals surface area (Å²) in [5.41, 5.74) is 3.84. The monoisotopic (exact) mass is 371 g/mol. The second-order valence-electron chi connectivity index (χ2n) is 7.06. The van der Waals surface area contributed by atoms with E-state index in [-0.39, 0.29) is 12.5 Å². The number of rotatable bonds is 5. The van der Waals surface area contributed by atoms with Crippen LogP contribution in [0.15, 0.2) is 60.8 Å². The van der Waals surface area contributed by atoms with Crippen molar-refractivity contribution >= 4 is 11.7 Å². The number of carbonyl (C=O) groups is 1. The molecule has 1 heterocycles. The molecule has 0 saturated carbocycles. The molecule has 3 aromatic rings. The zero-order valence-corrected chi connectivity index (χ0v) is 15.7. The Morgan fingerprint density at radius 2 is 1.82 bits per heavy atom. The molecular formula is C22H21N5O. The number of carbonyl (C=O) groups excluding carboxylic acids is 1. The summed E-state index contributed by atoms with van der Waals surface area (Å²) in [5.74, 6) is 0.245. The number of likely N-dealkylation sites (N-methyl/N-ethyl adjacent to an activating group) is 1. The lowest BCUT2D eigenvalue weighted by atomic mass is 10.1. The smallest absolute Gasteiger partial charge is 0.239 e. The lowest BCUT2D eigenvalue weighted by molar-refractivity contribution is -0.117. The average Bonchev–Trinajstić information content (AvgIpc) is 3.32. The predicted molar refractivity (Wildman–Crippen MR) is 107 cm³/mol. The molecule has 0 fully saturated rings. The number of aromatic nitrogens is 2. The topological polar surface area (TPSA) is 74.0 Å². The van der Waals surface area contributed by atoms with Gasteiger partial charge in [-0.05, 0) is 43.1 Å². The molecule has 1 N–H and O–H groups in total. The predicted octanol–water partition coefficient (Wildman–Crippen LogP) is 2.78. The molecular weight excluding hydrogens is 350 g/mol. The summed E-state index contributed by atoms with van der Waals surface area (Å²) in [6, 6.07) is 20.3. The van der Waals surface area contributed by atoms with Crippen molar-refractivity contribution in [3.05, 3.63) is 77.5 Å². The van der Waals surface area contributed by atoms with Gasteiger partial charge in [-0.3, -0.25) is 9.69 Å². The Balaban J connectivity index is 1.46. The van der Waals surface area contributed by atoms with Gasteiger partial charge in [0.1, 0.15) is 11.6 Å². The van der Waals surface area contributed by atoms with E-state index in [1.807, 2.05) is 37.4 Å². The first kappa shape index (κ1) is 18.0. The van der Waals surface area contributed by atoms with Crippen LogP contribution in [0.3, 0.4) is 0 Å². The third kappa shape index (κ3) is 3.53. The van der Waals surface area contributed by atoms with E-state index >= 15 is 0 Å². The number of amides is 1. The van der Waals surface area contributed by atoms with Crippen molar-refractivity contribution in [3.63, 3.8) is 0 Å². The van der Waals surface area contributed by atoms with E-state index in [4.69, 9.17) is 0 Å². The summed E-state index contributed by atoms with van der Waals surface area (Å²) in [5, 5.41) is 16.5. The number of anilines is 1. The number of fused-ring (bicyclic) bond motifs is 1. The summed E-state index contributed by atoms with van der Waals surface area (Å²) >= 11 is 0. The number of nitrogens with one attached hydrogen (secondary N) is 1. The fraction of sp³-hybridized carbons (Fsp3) is 0.227. The molecule has 0 bridgehead atoms. The van der Waals surface area contributed by atoms with Crippen molar-refractivity contribution in [2.45, 2.75) is 18.9 Å². The molecule has 1 aliphatic rings. The van der Waals surface area contributed by atoms with E-state index in [1.165, 1.54) is 17.3 Å². The van der Waals surface area contributed by atoms with Gasteiger partial charge in [-0.25, -0.2) is 4.68 Å². The molecule has 1 aliphatic carbocycles. The van der Waals surface area contributed by atoms with Crippen LogP contribution >= 0.6 is 0 Å². The second kappa shape index (κ2) is 7.67. The largest absolute Gasteiger partial charge is 0.308 e. The van der Waals surface area contributed by atoms with Crippen LogP contribution in [-0.2, 0) is 17.6 Å². The van der Waals surface area contributed by atoms with Crippen LogP contribution in [0.25, 0.3) is 5.69 Å². The van der Waals surface area contributed by atoms with Gasteiger partial charge in [0.05, 0.1) is 18.4 Å². The maximum absolute atomic E-state index is 12.7. The first-order valence-corrected chi connectivity index (χ1v) is 9.26. The number of para-hydroxylation sites is 1. The number of hydrogen-bond donors (Lipinski definition) is 1. The third-order valence-electron chi connectivity index (χ3n) is 5.19. The van der Waals surface area contributed by atoms with Gasteiger partial charge in [0, 0.05) is 6.04 Å². The first-order chi connectivity index (χ1) is 13.7.